The Balaban J connectivity index is 1.71. The summed E-state index contributed by atoms with van der Waals surface area (Å²) in [5.41, 5.74) is 0.217. The van der Waals surface area contributed by atoms with Crippen LogP contribution in [0.25, 0.3) is 0 Å². The largest absolute Gasteiger partial charge is 0.481 e. The number of aliphatic carboxylic acids is 1. The molecular formula is C16H24N2O3. The molecule has 1 aliphatic carbocycles. The predicted octanol–water partition coefficient (Wildman–Crippen LogP) is 2.81. The van der Waals surface area contributed by atoms with Crippen LogP contribution in [-0.4, -0.2) is 34.1 Å². The second-order valence-electron chi connectivity index (χ2n) is 6.45. The average Bonchev–Trinajstić information content (AvgIpc) is 2.97. The summed E-state index contributed by atoms with van der Waals surface area (Å²) in [6, 6.07) is 2.50. The third-order valence-corrected chi connectivity index (χ3v) is 5.04. The van der Waals surface area contributed by atoms with E-state index in [0.717, 1.165) is 5.69 Å². The van der Waals surface area contributed by atoms with E-state index in [1.54, 1.807) is 0 Å². The molecule has 2 aliphatic rings. The molecule has 0 spiro atoms. The van der Waals surface area contributed by atoms with Crippen molar-refractivity contribution in [3.8, 4) is 0 Å². The number of carboxylic acid groups (broad SMARTS) is 1. The molecule has 0 amide bonds. The molecule has 1 aromatic heterocycles. The molecule has 1 aliphatic heterocycles. The van der Waals surface area contributed by atoms with Crippen LogP contribution in [0.1, 0.15) is 56.7 Å². The lowest BCUT2D eigenvalue weighted by atomic mass is 9.76. The van der Waals surface area contributed by atoms with Crippen molar-refractivity contribution in [2.45, 2.75) is 57.4 Å². The molecule has 21 heavy (non-hydrogen) atoms. The fourth-order valence-electron chi connectivity index (χ4n) is 3.60. The number of carbonyl (C=O) groups is 1. The third-order valence-electron chi connectivity index (χ3n) is 5.04. The van der Waals surface area contributed by atoms with Crippen LogP contribution in [0, 0.1) is 5.41 Å². The molecule has 0 bridgehead atoms. The van der Waals surface area contributed by atoms with Crippen LogP contribution in [0.5, 0.6) is 0 Å². The fraction of sp³-hybridized carbons (Fsp3) is 0.750. The first kappa shape index (κ1) is 14.6. The molecular weight excluding hydrogens is 268 g/mol. The lowest BCUT2D eigenvalue weighted by Gasteiger charge is -2.32. The highest BCUT2D eigenvalue weighted by Gasteiger charge is 2.40. The van der Waals surface area contributed by atoms with E-state index in [1.807, 2.05) is 12.3 Å². The van der Waals surface area contributed by atoms with Gasteiger partial charge in [-0.2, -0.15) is 5.10 Å². The summed E-state index contributed by atoms with van der Waals surface area (Å²) < 4.78 is 7.38. The van der Waals surface area contributed by atoms with Crippen LogP contribution >= 0.6 is 0 Å². The van der Waals surface area contributed by atoms with Crippen LogP contribution in [0.2, 0.25) is 0 Å². The van der Waals surface area contributed by atoms with Crippen molar-refractivity contribution in [3.05, 3.63) is 18.0 Å². The van der Waals surface area contributed by atoms with Crippen molar-refractivity contribution in [2.24, 2.45) is 5.41 Å². The normalized spacial score (nSPS) is 23.0. The maximum atomic E-state index is 11.7. The Bertz CT molecular complexity index is 485. The van der Waals surface area contributed by atoms with Crippen LogP contribution in [0.4, 0.5) is 0 Å². The summed E-state index contributed by atoms with van der Waals surface area (Å²) in [5, 5.41) is 14.3. The van der Waals surface area contributed by atoms with Gasteiger partial charge >= 0.3 is 5.97 Å². The summed E-state index contributed by atoms with van der Waals surface area (Å²) >= 11 is 0. The van der Waals surface area contributed by atoms with Gasteiger partial charge in [-0.1, -0.05) is 19.3 Å². The Labute approximate surface area is 125 Å². The first-order valence-electron chi connectivity index (χ1n) is 8.05. The number of hydrogen-bond donors (Lipinski definition) is 1. The smallest absolute Gasteiger partial charge is 0.310 e. The van der Waals surface area contributed by atoms with Crippen molar-refractivity contribution in [2.75, 3.05) is 13.2 Å². The molecule has 2 fully saturated rings. The third kappa shape index (κ3) is 3.12. The lowest BCUT2D eigenvalue weighted by molar-refractivity contribution is -0.154. The van der Waals surface area contributed by atoms with E-state index < -0.39 is 11.4 Å². The summed E-state index contributed by atoms with van der Waals surface area (Å²) in [7, 11) is 0. The van der Waals surface area contributed by atoms with Crippen LogP contribution in [0.15, 0.2) is 12.3 Å². The molecule has 3 rings (SSSR count). The fourth-order valence-corrected chi connectivity index (χ4v) is 3.60. The second-order valence-corrected chi connectivity index (χ2v) is 6.45. The molecule has 1 aromatic rings. The Kier molecular flexibility index (Phi) is 4.29. The Hall–Kier alpha value is -1.36. The molecule has 0 radical (unpaired) electrons. The summed E-state index contributed by atoms with van der Waals surface area (Å²) in [4.78, 5) is 11.7. The predicted molar refractivity (Wildman–Crippen MR) is 78.2 cm³/mol. The van der Waals surface area contributed by atoms with Crippen LogP contribution in [0.3, 0.4) is 0 Å². The van der Waals surface area contributed by atoms with E-state index in [9.17, 15) is 9.90 Å². The van der Waals surface area contributed by atoms with Gasteiger partial charge in [-0.05, 0) is 31.7 Å². The monoisotopic (exact) mass is 292 g/mol. The highest BCUT2D eigenvalue weighted by molar-refractivity contribution is 5.75. The minimum Gasteiger partial charge on any atom is -0.481 e. The number of hydrogen-bond acceptors (Lipinski definition) is 3. The Morgan fingerprint density at radius 3 is 2.71 bits per heavy atom. The first-order valence-corrected chi connectivity index (χ1v) is 8.05. The quantitative estimate of drug-likeness (QED) is 0.926. The molecule has 1 N–H and O–H groups in total. The van der Waals surface area contributed by atoms with Crippen LogP contribution in [-0.2, 0) is 16.0 Å². The maximum Gasteiger partial charge on any atom is 0.310 e. The summed E-state index contributed by atoms with van der Waals surface area (Å²) in [5.74, 6) is -0.710. The number of ether oxygens (including phenoxy) is 1. The molecule has 0 atom stereocenters. The van der Waals surface area contributed by atoms with E-state index in [0.29, 0.717) is 38.5 Å². The van der Waals surface area contributed by atoms with Gasteiger partial charge in [0.1, 0.15) is 0 Å². The van der Waals surface area contributed by atoms with Gasteiger partial charge in [0.05, 0.1) is 17.2 Å². The van der Waals surface area contributed by atoms with Crippen molar-refractivity contribution in [3.63, 3.8) is 0 Å². The van der Waals surface area contributed by atoms with Gasteiger partial charge < -0.3 is 9.84 Å². The SMILES string of the molecule is O=C(O)C1(Cc2ccn(C3CCCCC3)n2)CCOCC1. The van der Waals surface area contributed by atoms with E-state index >= 15 is 0 Å². The zero-order valence-electron chi connectivity index (χ0n) is 12.5. The van der Waals surface area contributed by atoms with Gasteiger partial charge in [0.25, 0.3) is 0 Å². The van der Waals surface area contributed by atoms with E-state index in [1.165, 1.54) is 32.1 Å². The van der Waals surface area contributed by atoms with Gasteiger partial charge in [-0.25, -0.2) is 0 Å². The highest BCUT2D eigenvalue weighted by atomic mass is 16.5. The van der Waals surface area contributed by atoms with Gasteiger partial charge in [-0.15, -0.1) is 0 Å². The van der Waals surface area contributed by atoms with E-state index in [2.05, 4.69) is 9.78 Å². The molecule has 2 heterocycles. The molecule has 5 nitrogen and oxygen atoms in total. The first-order chi connectivity index (χ1) is 10.2. The Morgan fingerprint density at radius 2 is 2.05 bits per heavy atom. The number of rotatable bonds is 4. The summed E-state index contributed by atoms with van der Waals surface area (Å²) in [6.07, 6.45) is 9.97. The van der Waals surface area contributed by atoms with Crippen molar-refractivity contribution in [1.82, 2.24) is 9.78 Å². The lowest BCUT2D eigenvalue weighted by Crippen LogP contribution is -2.39. The second kappa shape index (κ2) is 6.18. The topological polar surface area (TPSA) is 64.3 Å². The van der Waals surface area contributed by atoms with Crippen molar-refractivity contribution in [1.29, 1.82) is 0 Å². The zero-order valence-corrected chi connectivity index (χ0v) is 12.5. The molecule has 1 saturated heterocycles. The number of carboxylic acids is 1. The van der Waals surface area contributed by atoms with E-state index in [-0.39, 0.29) is 0 Å². The highest BCUT2D eigenvalue weighted by Crippen LogP contribution is 2.35. The Morgan fingerprint density at radius 1 is 1.33 bits per heavy atom. The maximum absolute atomic E-state index is 11.7. The molecule has 0 aromatic carbocycles. The number of aromatic nitrogens is 2. The molecule has 1 saturated carbocycles. The van der Waals surface area contributed by atoms with Crippen molar-refractivity contribution < 1.29 is 14.6 Å². The molecule has 116 valence electrons. The van der Waals surface area contributed by atoms with Crippen molar-refractivity contribution >= 4 is 5.97 Å². The minimum atomic E-state index is -0.710. The van der Waals surface area contributed by atoms with Gasteiger partial charge in [-0.3, -0.25) is 9.48 Å². The van der Waals surface area contributed by atoms with Gasteiger partial charge in [0.15, 0.2) is 0 Å². The average molecular weight is 292 g/mol. The number of nitrogens with zero attached hydrogens (tertiary/aromatic N) is 2. The minimum absolute atomic E-state index is 0.503. The van der Waals surface area contributed by atoms with Gasteiger partial charge in [0.2, 0.25) is 0 Å². The zero-order chi connectivity index (χ0) is 14.7. The van der Waals surface area contributed by atoms with Crippen LogP contribution < -0.4 is 0 Å². The molecule has 0 unspecified atom stereocenters. The van der Waals surface area contributed by atoms with Gasteiger partial charge in [0, 0.05) is 25.8 Å². The van der Waals surface area contributed by atoms with E-state index in [4.69, 9.17) is 4.74 Å². The standard InChI is InChI=1S/C16H24N2O3/c19-15(20)16(7-10-21-11-8-16)12-13-6-9-18(17-13)14-4-2-1-3-5-14/h6,9,14H,1-5,7-8,10-12H2,(H,19,20). The molecule has 5 heteroatoms. The summed E-state index contributed by atoms with van der Waals surface area (Å²) in [6.45, 7) is 1.07.